The Morgan fingerprint density at radius 1 is 0.981 bits per heavy atom. The molecule has 0 aliphatic rings. The van der Waals surface area contributed by atoms with Gasteiger partial charge >= 0.3 is 0 Å². The number of aromatic nitrogens is 2. The molecule has 0 unspecified atom stereocenters. The van der Waals surface area contributed by atoms with Gasteiger partial charge in [-0.25, -0.2) is 4.98 Å². The number of carbonyl (C=O) groups is 1. The van der Waals surface area contributed by atoms with Crippen LogP contribution in [0, 0.1) is 22.8 Å². The van der Waals surface area contributed by atoms with E-state index in [4.69, 9.17) is 9.40 Å². The molecule has 0 aliphatic carbocycles. The molecule has 52 heavy (non-hydrogen) atoms. The van der Waals surface area contributed by atoms with Gasteiger partial charge < -0.3 is 9.52 Å². The maximum Gasteiger partial charge on any atom is 0.223 e. The molecule has 0 saturated heterocycles. The van der Waals surface area contributed by atoms with Crippen molar-refractivity contribution in [1.29, 1.82) is 0 Å². The van der Waals surface area contributed by atoms with Crippen molar-refractivity contribution in [1.82, 2.24) is 9.97 Å². The van der Waals surface area contributed by atoms with Crippen LogP contribution in [0.5, 0.6) is 0 Å². The normalized spacial score (nSPS) is 13.1. The Morgan fingerprint density at radius 2 is 1.63 bits per heavy atom. The molecule has 0 saturated carbocycles. The minimum atomic E-state index is -0.337. The fourth-order valence-electron chi connectivity index (χ4n) is 5.86. The summed E-state index contributed by atoms with van der Waals surface area (Å²) in [5.41, 5.74) is 4.04. The molecule has 3 heterocycles. The van der Waals surface area contributed by atoms with E-state index >= 15 is 0 Å². The van der Waals surface area contributed by atoms with Crippen LogP contribution in [0.3, 0.4) is 0 Å². The Labute approximate surface area is 333 Å². The first-order valence-electron chi connectivity index (χ1n) is 18.4. The third-order valence-electron chi connectivity index (χ3n) is 10.5. The Bertz CT molecular complexity index is 2040. The predicted octanol–water partition coefficient (Wildman–Crippen LogP) is 14.0. The van der Waals surface area contributed by atoms with Crippen LogP contribution in [0.25, 0.3) is 43.4 Å². The fraction of sp³-hybridized carbons (Fsp3) is 0.477. The standard InChI is InChI=1S/C29H29N2OS2.C15H28O2.Ir/c1-17(2)7-8-18(3)34-21-9-10-22-24(15-21)32-28-25(22)26(30-16-31-28)20-13-19-11-12-33-27(19)23(14-20)29(4,5)6;1-7-14(5,8-2)12(16)11-13(17)15(6,9-3)10-4;/h8-12,14-17H,7H2,1-6H3;11,16H,7-10H2,1-6H3;/q-1;;/b18-8+;12-11-;. The van der Waals surface area contributed by atoms with Gasteiger partial charge in [0.05, 0.1) is 0 Å². The van der Waals surface area contributed by atoms with E-state index in [1.807, 2.05) is 41.5 Å². The quantitative estimate of drug-likeness (QED) is 0.0581. The second kappa shape index (κ2) is 18.0. The van der Waals surface area contributed by atoms with E-state index < -0.39 is 0 Å². The molecular weight excluding hydrogens is 861 g/mol. The second-order valence-corrected chi connectivity index (χ2v) is 17.9. The molecule has 8 heteroatoms. The summed E-state index contributed by atoms with van der Waals surface area (Å²) in [6, 6.07) is 14.4. The first-order valence-corrected chi connectivity index (χ1v) is 20.1. The molecule has 0 aliphatic heterocycles. The molecule has 0 amide bonds. The van der Waals surface area contributed by atoms with Crippen molar-refractivity contribution >= 4 is 61.0 Å². The molecular formula is C44H57IrN2O3S2-. The van der Waals surface area contributed by atoms with Crippen molar-refractivity contribution in [3.63, 3.8) is 0 Å². The minimum Gasteiger partial charge on any atom is -0.512 e. The summed E-state index contributed by atoms with van der Waals surface area (Å²) < 4.78 is 7.50. The van der Waals surface area contributed by atoms with Gasteiger partial charge in [-0.2, -0.15) is 11.3 Å². The number of allylic oxidation sites excluding steroid dienone is 4. The van der Waals surface area contributed by atoms with E-state index in [1.54, 1.807) is 29.4 Å². The van der Waals surface area contributed by atoms with E-state index in [-0.39, 0.29) is 47.9 Å². The monoisotopic (exact) mass is 918 g/mol. The summed E-state index contributed by atoms with van der Waals surface area (Å²) >= 11 is 3.55. The van der Waals surface area contributed by atoms with Crippen molar-refractivity contribution in [3.8, 4) is 11.3 Å². The Morgan fingerprint density at radius 3 is 2.23 bits per heavy atom. The molecule has 0 atom stereocenters. The first-order chi connectivity index (χ1) is 24.0. The average Bonchev–Trinajstić information content (AvgIpc) is 3.73. The molecule has 0 bridgehead atoms. The average molecular weight is 918 g/mol. The number of aliphatic hydroxyl groups is 1. The topological polar surface area (TPSA) is 76.2 Å². The number of ketones is 1. The van der Waals surface area contributed by atoms with Gasteiger partial charge in [-0.1, -0.05) is 105 Å². The van der Waals surface area contributed by atoms with Crippen LogP contribution >= 0.6 is 23.1 Å². The zero-order valence-electron chi connectivity index (χ0n) is 33.1. The van der Waals surface area contributed by atoms with Gasteiger partial charge in [0.15, 0.2) is 5.78 Å². The number of benzene rings is 2. The van der Waals surface area contributed by atoms with Crippen LogP contribution in [0.2, 0.25) is 0 Å². The van der Waals surface area contributed by atoms with E-state index in [0.29, 0.717) is 11.6 Å². The van der Waals surface area contributed by atoms with E-state index in [1.165, 1.54) is 26.1 Å². The van der Waals surface area contributed by atoms with E-state index in [9.17, 15) is 9.90 Å². The number of hydrogen-bond acceptors (Lipinski definition) is 7. The zero-order chi connectivity index (χ0) is 37.7. The number of rotatable bonds is 12. The number of carbonyl (C=O) groups excluding carboxylic acids is 1. The Hall–Kier alpha value is -2.77. The summed E-state index contributed by atoms with van der Waals surface area (Å²) in [4.78, 5) is 23.8. The summed E-state index contributed by atoms with van der Waals surface area (Å²) in [6.07, 6.45) is 9.75. The number of furan rings is 1. The van der Waals surface area contributed by atoms with Gasteiger partial charge in [0.25, 0.3) is 0 Å². The number of aliphatic hydroxyl groups excluding tert-OH is 1. The molecule has 3 aromatic heterocycles. The van der Waals surface area contributed by atoms with Gasteiger partial charge in [0.1, 0.15) is 17.7 Å². The molecule has 0 fully saturated rings. The van der Waals surface area contributed by atoms with Crippen LogP contribution in [-0.4, -0.2) is 20.9 Å². The molecule has 5 rings (SSSR count). The third-order valence-corrected chi connectivity index (χ3v) is 12.5. The van der Waals surface area contributed by atoms with Crippen molar-refractivity contribution in [2.24, 2.45) is 16.7 Å². The molecule has 5 nitrogen and oxygen atoms in total. The van der Waals surface area contributed by atoms with Crippen molar-refractivity contribution in [2.45, 2.75) is 125 Å². The largest absolute Gasteiger partial charge is 0.512 e. The molecule has 5 aromatic rings. The third kappa shape index (κ3) is 9.85. The number of fused-ring (bicyclic) bond motifs is 4. The maximum atomic E-state index is 12.2. The van der Waals surface area contributed by atoms with E-state index in [0.717, 1.165) is 65.1 Å². The van der Waals surface area contributed by atoms with Gasteiger partial charge in [-0.3, -0.25) is 9.78 Å². The smallest absolute Gasteiger partial charge is 0.223 e. The zero-order valence-corrected chi connectivity index (χ0v) is 37.1. The summed E-state index contributed by atoms with van der Waals surface area (Å²) in [7, 11) is 0. The first kappa shape index (κ1) is 43.6. The van der Waals surface area contributed by atoms with E-state index in [2.05, 4.69) is 94.4 Å². The Kier molecular flexibility index (Phi) is 15.1. The van der Waals surface area contributed by atoms with Crippen molar-refractivity contribution in [3.05, 3.63) is 76.5 Å². The minimum absolute atomic E-state index is 0. The summed E-state index contributed by atoms with van der Waals surface area (Å²) in [6.45, 7) is 25.5. The molecule has 1 radical (unpaired) electrons. The summed E-state index contributed by atoms with van der Waals surface area (Å²) in [5, 5.41) is 15.4. The van der Waals surface area contributed by atoms with Crippen LogP contribution in [0.15, 0.2) is 74.2 Å². The molecule has 2 aromatic carbocycles. The van der Waals surface area contributed by atoms with Gasteiger partial charge in [-0.15, -0.1) is 23.6 Å². The predicted molar refractivity (Wildman–Crippen MR) is 220 cm³/mol. The van der Waals surface area contributed by atoms with Crippen LogP contribution < -0.4 is 0 Å². The number of thiophene rings is 1. The van der Waals surface area contributed by atoms with Gasteiger partial charge in [0, 0.05) is 58.4 Å². The molecule has 1 N–H and O–H groups in total. The molecule has 0 spiro atoms. The second-order valence-electron chi connectivity index (χ2n) is 15.6. The summed E-state index contributed by atoms with van der Waals surface area (Å²) in [5.74, 6) is 0.947. The van der Waals surface area contributed by atoms with Crippen LogP contribution in [-0.2, 0) is 30.3 Å². The van der Waals surface area contributed by atoms with Crippen molar-refractivity contribution < 1.29 is 34.4 Å². The van der Waals surface area contributed by atoms with Gasteiger partial charge in [0.2, 0.25) is 5.71 Å². The Balaban J connectivity index is 0.000000347. The number of thioether (sulfide) groups is 1. The SMILES string of the molecule is C/C(=C\CC(C)C)Sc1ccc2c(c1)oc1ncnc(-c3[c-]c4ccsc4c(C(C)(C)C)c3)c12.CCC(C)(CC)C(=O)/C=C(\O)C(C)(CC)CC.[Ir]. The van der Waals surface area contributed by atoms with Crippen molar-refractivity contribution in [2.75, 3.05) is 0 Å². The maximum absolute atomic E-state index is 12.2. The number of hydrogen-bond donors (Lipinski definition) is 1. The van der Waals surface area contributed by atoms with Gasteiger partial charge in [-0.05, 0) is 83.5 Å². The fourth-order valence-corrected chi connectivity index (χ4v) is 7.79. The number of nitrogens with zero attached hydrogens (tertiary/aromatic N) is 2. The van der Waals surface area contributed by atoms with Crippen LogP contribution in [0.4, 0.5) is 0 Å². The molecule has 283 valence electrons. The van der Waals surface area contributed by atoms with Crippen LogP contribution in [0.1, 0.15) is 121 Å².